The molecule has 0 saturated carbocycles. The molecular formula is C45H46O2. The summed E-state index contributed by atoms with van der Waals surface area (Å²) in [5.74, 6) is 2.55. The Morgan fingerprint density at radius 3 is 2.47 bits per heavy atom. The molecule has 0 fully saturated rings. The van der Waals surface area contributed by atoms with Crippen LogP contribution in [-0.2, 0) is 0 Å². The number of aryl methyl sites for hydroxylation is 1. The van der Waals surface area contributed by atoms with Gasteiger partial charge in [0.2, 0.25) is 0 Å². The summed E-state index contributed by atoms with van der Waals surface area (Å²) in [4.78, 5) is 0. The Labute approximate surface area is 280 Å². The van der Waals surface area contributed by atoms with Gasteiger partial charge in [-0.1, -0.05) is 153 Å². The molecule has 0 bridgehead atoms. The maximum Gasteiger partial charge on any atom is 0.143 e. The first-order valence-electron chi connectivity index (χ1n) is 16.7. The fourth-order valence-corrected chi connectivity index (χ4v) is 6.09. The molecule has 1 aliphatic carbocycles. The Morgan fingerprint density at radius 1 is 0.894 bits per heavy atom. The van der Waals surface area contributed by atoms with Crippen molar-refractivity contribution in [2.24, 2.45) is 17.8 Å². The normalized spacial score (nSPS) is 22.2. The van der Waals surface area contributed by atoms with E-state index in [1.807, 2.05) is 24.3 Å². The second kappa shape index (κ2) is 17.0. The van der Waals surface area contributed by atoms with Crippen molar-refractivity contribution in [3.63, 3.8) is 0 Å². The van der Waals surface area contributed by atoms with Crippen LogP contribution in [0, 0.1) is 24.7 Å². The topological polar surface area (TPSA) is 22.4 Å². The molecule has 47 heavy (non-hydrogen) atoms. The zero-order chi connectivity index (χ0) is 32.8. The van der Waals surface area contributed by atoms with Crippen LogP contribution in [0.4, 0.5) is 0 Å². The molecular weight excluding hydrogens is 572 g/mol. The number of benzene rings is 3. The van der Waals surface area contributed by atoms with Crippen LogP contribution in [0.3, 0.4) is 0 Å². The Morgan fingerprint density at radius 2 is 1.68 bits per heavy atom. The van der Waals surface area contributed by atoms with Crippen LogP contribution in [0.25, 0.3) is 33.1 Å². The summed E-state index contributed by atoms with van der Waals surface area (Å²) >= 11 is 0. The lowest BCUT2D eigenvalue weighted by molar-refractivity contribution is 0.369. The predicted molar refractivity (Wildman–Crippen MR) is 202 cm³/mol. The van der Waals surface area contributed by atoms with Crippen LogP contribution in [0.1, 0.15) is 38.2 Å². The summed E-state index contributed by atoms with van der Waals surface area (Å²) in [6.07, 6.45) is 36.0. The Hall–Kier alpha value is -5.08. The van der Waals surface area contributed by atoms with Crippen molar-refractivity contribution in [3.8, 4) is 16.9 Å². The monoisotopic (exact) mass is 618 g/mol. The van der Waals surface area contributed by atoms with Crippen molar-refractivity contribution >= 4 is 21.9 Å². The van der Waals surface area contributed by atoms with Crippen molar-refractivity contribution in [3.05, 3.63) is 176 Å². The van der Waals surface area contributed by atoms with Crippen molar-refractivity contribution in [1.82, 2.24) is 0 Å². The number of fused-ring (bicyclic) bond motifs is 3. The lowest BCUT2D eigenvalue weighted by atomic mass is 9.84. The highest BCUT2D eigenvalue weighted by atomic mass is 16.5. The van der Waals surface area contributed by atoms with Gasteiger partial charge in [0.15, 0.2) is 0 Å². The van der Waals surface area contributed by atoms with Crippen molar-refractivity contribution in [2.75, 3.05) is 0 Å². The molecule has 0 saturated heterocycles. The molecule has 5 rings (SSSR count). The SMILES string of the molecule is C=C/C=C/[C@H]1\C=C/C=C\C=C\C=C\C(C/C=C\C)C(CCC(=C)Oc2cc3oc4c(-c5ccccc5)cccc4c3cc2C)/C=C\C1. The van der Waals surface area contributed by atoms with Crippen LogP contribution in [0.2, 0.25) is 0 Å². The molecule has 3 atom stereocenters. The third-order valence-electron chi connectivity index (χ3n) is 8.64. The zero-order valence-electron chi connectivity index (χ0n) is 27.7. The molecule has 2 nitrogen and oxygen atoms in total. The molecule has 4 aromatic rings. The van der Waals surface area contributed by atoms with E-state index in [4.69, 9.17) is 9.15 Å². The van der Waals surface area contributed by atoms with E-state index >= 15 is 0 Å². The van der Waals surface area contributed by atoms with Gasteiger partial charge in [0.1, 0.15) is 16.9 Å². The van der Waals surface area contributed by atoms with Gasteiger partial charge >= 0.3 is 0 Å². The predicted octanol–water partition coefficient (Wildman–Crippen LogP) is 13.0. The smallest absolute Gasteiger partial charge is 0.143 e. The highest BCUT2D eigenvalue weighted by Gasteiger charge is 2.18. The second-order valence-corrected chi connectivity index (χ2v) is 12.1. The van der Waals surface area contributed by atoms with Gasteiger partial charge in [-0.15, -0.1) is 0 Å². The quantitative estimate of drug-likeness (QED) is 0.100. The Balaban J connectivity index is 1.35. The third kappa shape index (κ3) is 9.01. The van der Waals surface area contributed by atoms with E-state index in [0.717, 1.165) is 75.8 Å². The van der Waals surface area contributed by atoms with Crippen molar-refractivity contribution in [1.29, 1.82) is 0 Å². The summed E-state index contributed by atoms with van der Waals surface area (Å²) in [6.45, 7) is 12.4. The molecule has 0 radical (unpaired) electrons. The average molecular weight is 619 g/mol. The Kier molecular flexibility index (Phi) is 12.0. The highest BCUT2D eigenvalue weighted by Crippen LogP contribution is 2.39. The molecule has 2 heteroatoms. The summed E-state index contributed by atoms with van der Waals surface area (Å²) in [5.41, 5.74) is 5.01. The number of rotatable bonds is 10. The minimum atomic E-state index is 0.309. The molecule has 1 aliphatic rings. The van der Waals surface area contributed by atoms with Gasteiger partial charge in [0, 0.05) is 28.8 Å². The van der Waals surface area contributed by atoms with Crippen LogP contribution < -0.4 is 4.74 Å². The average Bonchev–Trinajstić information content (AvgIpc) is 3.45. The van der Waals surface area contributed by atoms with Gasteiger partial charge in [-0.25, -0.2) is 0 Å². The van der Waals surface area contributed by atoms with Crippen LogP contribution in [0.5, 0.6) is 5.75 Å². The largest absolute Gasteiger partial charge is 0.462 e. The van der Waals surface area contributed by atoms with Gasteiger partial charge in [-0.05, 0) is 68.1 Å². The lowest BCUT2D eigenvalue weighted by Crippen LogP contribution is -2.11. The first-order valence-corrected chi connectivity index (χ1v) is 16.7. The van der Waals surface area contributed by atoms with E-state index in [0.29, 0.717) is 17.8 Å². The molecule has 0 N–H and O–H groups in total. The number of hydrogen-bond acceptors (Lipinski definition) is 2. The minimum Gasteiger partial charge on any atom is -0.462 e. The van der Waals surface area contributed by atoms with Gasteiger partial charge in [-0.2, -0.15) is 0 Å². The fraction of sp³-hybridized carbons (Fsp3) is 0.200. The van der Waals surface area contributed by atoms with Crippen molar-refractivity contribution in [2.45, 2.75) is 39.5 Å². The van der Waals surface area contributed by atoms with Crippen LogP contribution >= 0.6 is 0 Å². The molecule has 0 spiro atoms. The number of para-hydroxylation sites is 1. The number of hydrogen-bond donors (Lipinski definition) is 0. The van der Waals surface area contributed by atoms with E-state index in [1.54, 1.807) is 0 Å². The second-order valence-electron chi connectivity index (χ2n) is 12.1. The number of ether oxygens (including phenoxy) is 1. The maximum absolute atomic E-state index is 6.48. The minimum absolute atomic E-state index is 0.309. The van der Waals surface area contributed by atoms with Crippen molar-refractivity contribution < 1.29 is 9.15 Å². The van der Waals surface area contributed by atoms with E-state index in [2.05, 4.69) is 155 Å². The third-order valence-corrected chi connectivity index (χ3v) is 8.64. The zero-order valence-corrected chi connectivity index (χ0v) is 27.7. The molecule has 0 amide bonds. The molecule has 1 heterocycles. The molecule has 0 aliphatic heterocycles. The fourth-order valence-electron chi connectivity index (χ4n) is 6.09. The highest BCUT2D eigenvalue weighted by molar-refractivity contribution is 6.10. The van der Waals surface area contributed by atoms with Gasteiger partial charge in [0.25, 0.3) is 0 Å². The summed E-state index contributed by atoms with van der Waals surface area (Å²) < 4.78 is 12.9. The van der Waals surface area contributed by atoms with E-state index in [9.17, 15) is 0 Å². The van der Waals surface area contributed by atoms with Crippen LogP contribution in [-0.4, -0.2) is 0 Å². The summed E-state index contributed by atoms with van der Waals surface area (Å²) in [6, 6.07) is 20.9. The maximum atomic E-state index is 6.48. The van der Waals surface area contributed by atoms with Crippen LogP contribution in [0.15, 0.2) is 175 Å². The van der Waals surface area contributed by atoms with E-state index < -0.39 is 0 Å². The first-order chi connectivity index (χ1) is 23.1. The number of allylic oxidation sites excluding steroid dienone is 16. The molecule has 3 aromatic carbocycles. The van der Waals surface area contributed by atoms with Gasteiger partial charge < -0.3 is 9.15 Å². The van der Waals surface area contributed by atoms with E-state index in [-0.39, 0.29) is 0 Å². The standard InChI is InChI=1S/C45H46O2/c1-5-7-20-36-21-14-11-9-10-12-15-24-37(23-8-6-2)38(27-18-22-36)31-30-35(4)46-43-33-44-42(32-34(43)3)41-29-19-28-40(45(41)47-44)39-25-16-13-17-26-39/h5-21,24-29,32-33,36-38H,1,4,22-23,30-31H2,2-3H3/b8-6-,11-9-,12-10+,20-7+,21-14-,24-15+,27-18-/t36-,37?,38?/m0/s1. The number of furan rings is 1. The summed E-state index contributed by atoms with van der Waals surface area (Å²) in [7, 11) is 0. The first kappa shape index (κ1) is 33.3. The lowest BCUT2D eigenvalue weighted by Gasteiger charge is -2.22. The van der Waals surface area contributed by atoms with E-state index in [1.165, 1.54) is 0 Å². The Bertz CT molecular complexity index is 1870. The van der Waals surface area contributed by atoms with Gasteiger partial charge in [0.05, 0.1) is 5.76 Å². The summed E-state index contributed by atoms with van der Waals surface area (Å²) in [5, 5.41) is 2.21. The molecule has 1 aromatic heterocycles. The molecule has 2 unspecified atom stereocenters. The van der Waals surface area contributed by atoms with Gasteiger partial charge in [-0.3, -0.25) is 0 Å². The molecule has 238 valence electrons.